The van der Waals surface area contributed by atoms with Crippen molar-refractivity contribution in [2.45, 2.75) is 0 Å². The molecule has 3 rings (SSSR count). The summed E-state index contributed by atoms with van der Waals surface area (Å²) in [5.74, 6) is 0.846. The highest BCUT2D eigenvalue weighted by atomic mass is 79.9. The lowest BCUT2D eigenvalue weighted by Gasteiger charge is -2.05. The number of aromatic amines is 1. The fourth-order valence-electron chi connectivity index (χ4n) is 2.01. The molecule has 0 aliphatic rings. The molecule has 0 bridgehead atoms. The van der Waals surface area contributed by atoms with Crippen molar-refractivity contribution in [3.05, 3.63) is 52.9 Å². The highest BCUT2D eigenvalue weighted by Gasteiger charge is 2.13. The standard InChI is InChI=1S/C15H12BrN3O3/c1-21-12-5-3-2-4-10(12)11-7-14(19-18-11)17-15(20)9-6-13(16)22-8-9/h2-8H,1H3,(H2,17,18,19,20). The summed E-state index contributed by atoms with van der Waals surface area (Å²) in [7, 11) is 1.61. The SMILES string of the molecule is COc1ccccc1-c1cc(NC(=O)c2coc(Br)c2)n[nH]1. The summed E-state index contributed by atoms with van der Waals surface area (Å²) in [6.07, 6.45) is 1.37. The Morgan fingerprint density at radius 3 is 2.91 bits per heavy atom. The van der Waals surface area contributed by atoms with E-state index in [4.69, 9.17) is 9.15 Å². The number of nitrogens with one attached hydrogen (secondary N) is 2. The number of hydrogen-bond donors (Lipinski definition) is 2. The second-order valence-electron chi connectivity index (χ2n) is 4.46. The molecule has 7 heteroatoms. The number of amides is 1. The van der Waals surface area contributed by atoms with Crippen LogP contribution in [0.5, 0.6) is 5.75 Å². The Morgan fingerprint density at radius 2 is 2.18 bits per heavy atom. The van der Waals surface area contributed by atoms with Crippen LogP contribution in [0.1, 0.15) is 10.4 Å². The molecule has 0 aliphatic carbocycles. The molecule has 22 heavy (non-hydrogen) atoms. The topological polar surface area (TPSA) is 80.2 Å². The predicted octanol–water partition coefficient (Wildman–Crippen LogP) is 3.69. The number of carbonyl (C=O) groups is 1. The molecule has 1 aromatic carbocycles. The largest absolute Gasteiger partial charge is 0.496 e. The number of para-hydroxylation sites is 1. The van der Waals surface area contributed by atoms with Crippen molar-refractivity contribution in [1.29, 1.82) is 0 Å². The van der Waals surface area contributed by atoms with Crippen LogP contribution in [-0.2, 0) is 0 Å². The van der Waals surface area contributed by atoms with Gasteiger partial charge < -0.3 is 14.5 Å². The molecule has 0 fully saturated rings. The first-order chi connectivity index (χ1) is 10.7. The van der Waals surface area contributed by atoms with Crippen LogP contribution in [0.4, 0.5) is 5.82 Å². The molecule has 0 saturated carbocycles. The second-order valence-corrected chi connectivity index (χ2v) is 5.24. The number of hydrogen-bond acceptors (Lipinski definition) is 4. The molecule has 0 unspecified atom stereocenters. The zero-order chi connectivity index (χ0) is 15.5. The maximum atomic E-state index is 12.0. The van der Waals surface area contributed by atoms with Crippen LogP contribution in [-0.4, -0.2) is 23.2 Å². The van der Waals surface area contributed by atoms with Crippen LogP contribution in [0.25, 0.3) is 11.3 Å². The molecule has 0 aliphatic heterocycles. The number of aromatic nitrogens is 2. The number of halogens is 1. The second kappa shape index (κ2) is 6.07. The number of anilines is 1. The summed E-state index contributed by atoms with van der Waals surface area (Å²) in [4.78, 5) is 12.0. The van der Waals surface area contributed by atoms with E-state index in [0.717, 1.165) is 17.0 Å². The molecule has 0 spiro atoms. The monoisotopic (exact) mass is 361 g/mol. The van der Waals surface area contributed by atoms with Gasteiger partial charge in [0.15, 0.2) is 10.5 Å². The summed E-state index contributed by atoms with van der Waals surface area (Å²) in [5, 5.41) is 9.66. The van der Waals surface area contributed by atoms with Crippen LogP contribution < -0.4 is 10.1 Å². The van der Waals surface area contributed by atoms with E-state index in [1.54, 1.807) is 19.2 Å². The Balaban J connectivity index is 1.80. The lowest BCUT2D eigenvalue weighted by molar-refractivity contribution is 0.102. The first-order valence-electron chi connectivity index (χ1n) is 6.41. The average Bonchev–Trinajstić information content (AvgIpc) is 3.16. The number of benzene rings is 1. The molecular weight excluding hydrogens is 350 g/mol. The van der Waals surface area contributed by atoms with Gasteiger partial charge in [0.05, 0.1) is 18.4 Å². The third-order valence-electron chi connectivity index (χ3n) is 3.05. The van der Waals surface area contributed by atoms with Crippen molar-refractivity contribution < 1.29 is 13.9 Å². The summed E-state index contributed by atoms with van der Waals surface area (Å²) in [5.41, 5.74) is 2.03. The maximum absolute atomic E-state index is 12.0. The summed E-state index contributed by atoms with van der Waals surface area (Å²) >= 11 is 3.15. The van der Waals surface area contributed by atoms with Gasteiger partial charge in [0.2, 0.25) is 0 Å². The Morgan fingerprint density at radius 1 is 1.36 bits per heavy atom. The summed E-state index contributed by atoms with van der Waals surface area (Å²) < 4.78 is 10.8. The third-order valence-corrected chi connectivity index (χ3v) is 3.46. The van der Waals surface area contributed by atoms with Gasteiger partial charge in [-0.1, -0.05) is 12.1 Å². The van der Waals surface area contributed by atoms with Crippen LogP contribution in [0, 0.1) is 0 Å². The Hall–Kier alpha value is -2.54. The van der Waals surface area contributed by atoms with Crippen molar-refractivity contribution in [2.24, 2.45) is 0 Å². The number of furan rings is 1. The van der Waals surface area contributed by atoms with Gasteiger partial charge in [0.25, 0.3) is 5.91 Å². The van der Waals surface area contributed by atoms with Crippen molar-refractivity contribution in [3.8, 4) is 17.0 Å². The van der Waals surface area contributed by atoms with Gasteiger partial charge in [-0.05, 0) is 28.1 Å². The van der Waals surface area contributed by atoms with E-state index in [-0.39, 0.29) is 5.91 Å². The zero-order valence-electron chi connectivity index (χ0n) is 11.6. The van der Waals surface area contributed by atoms with Crippen molar-refractivity contribution in [1.82, 2.24) is 10.2 Å². The fraction of sp³-hybridized carbons (Fsp3) is 0.0667. The number of methoxy groups -OCH3 is 1. The minimum atomic E-state index is -0.299. The third kappa shape index (κ3) is 2.89. The van der Waals surface area contributed by atoms with E-state index in [9.17, 15) is 4.79 Å². The van der Waals surface area contributed by atoms with Gasteiger partial charge in [0, 0.05) is 17.7 Å². The van der Waals surface area contributed by atoms with Gasteiger partial charge in [-0.2, -0.15) is 5.10 Å². The lowest BCUT2D eigenvalue weighted by Crippen LogP contribution is -2.10. The Labute approximate surface area is 134 Å². The van der Waals surface area contributed by atoms with E-state index < -0.39 is 0 Å². The van der Waals surface area contributed by atoms with Crippen LogP contribution in [0.2, 0.25) is 0 Å². The Bertz CT molecular complexity index is 810. The van der Waals surface area contributed by atoms with Crippen LogP contribution in [0.3, 0.4) is 0 Å². The fourth-order valence-corrected chi connectivity index (χ4v) is 2.35. The van der Waals surface area contributed by atoms with E-state index >= 15 is 0 Å². The molecule has 0 radical (unpaired) electrons. The van der Waals surface area contributed by atoms with Gasteiger partial charge in [-0.15, -0.1) is 0 Å². The quantitative estimate of drug-likeness (QED) is 0.742. The molecule has 6 nitrogen and oxygen atoms in total. The van der Waals surface area contributed by atoms with E-state index in [0.29, 0.717) is 16.1 Å². The van der Waals surface area contributed by atoms with Gasteiger partial charge in [-0.3, -0.25) is 9.89 Å². The number of H-pyrrole nitrogens is 1. The maximum Gasteiger partial charge on any atom is 0.260 e. The number of rotatable bonds is 4. The van der Waals surface area contributed by atoms with Crippen molar-refractivity contribution in [2.75, 3.05) is 12.4 Å². The molecule has 0 saturated heterocycles. The van der Waals surface area contributed by atoms with Crippen molar-refractivity contribution >= 4 is 27.7 Å². The molecule has 2 heterocycles. The molecule has 0 atom stereocenters. The normalized spacial score (nSPS) is 10.5. The predicted molar refractivity (Wildman–Crippen MR) is 84.9 cm³/mol. The molecular formula is C15H12BrN3O3. The number of nitrogens with zero attached hydrogens (tertiary/aromatic N) is 1. The molecule has 1 amide bonds. The van der Waals surface area contributed by atoms with E-state index in [2.05, 4.69) is 31.4 Å². The minimum Gasteiger partial charge on any atom is -0.496 e. The number of ether oxygens (including phenoxy) is 1. The van der Waals surface area contributed by atoms with Crippen LogP contribution in [0.15, 0.2) is 51.7 Å². The minimum absolute atomic E-state index is 0.299. The van der Waals surface area contributed by atoms with Gasteiger partial charge in [0.1, 0.15) is 12.0 Å². The number of carbonyl (C=O) groups excluding carboxylic acids is 1. The lowest BCUT2D eigenvalue weighted by atomic mass is 10.1. The molecule has 112 valence electrons. The molecule has 2 N–H and O–H groups in total. The van der Waals surface area contributed by atoms with E-state index in [1.165, 1.54) is 6.26 Å². The van der Waals surface area contributed by atoms with Crippen LogP contribution >= 0.6 is 15.9 Å². The Kier molecular flexibility index (Phi) is 3.97. The highest BCUT2D eigenvalue weighted by Crippen LogP contribution is 2.29. The average molecular weight is 362 g/mol. The zero-order valence-corrected chi connectivity index (χ0v) is 13.2. The van der Waals surface area contributed by atoms with Crippen molar-refractivity contribution in [3.63, 3.8) is 0 Å². The van der Waals surface area contributed by atoms with Gasteiger partial charge >= 0.3 is 0 Å². The molecule has 3 aromatic rings. The highest BCUT2D eigenvalue weighted by molar-refractivity contribution is 9.10. The summed E-state index contributed by atoms with van der Waals surface area (Å²) in [6, 6.07) is 10.9. The first-order valence-corrected chi connectivity index (χ1v) is 7.21. The smallest absolute Gasteiger partial charge is 0.260 e. The molecule has 2 aromatic heterocycles. The summed E-state index contributed by atoms with van der Waals surface area (Å²) in [6.45, 7) is 0. The first kappa shape index (κ1) is 14.4. The van der Waals surface area contributed by atoms with Gasteiger partial charge in [-0.25, -0.2) is 0 Å². The van der Waals surface area contributed by atoms with E-state index in [1.807, 2.05) is 24.3 Å².